The Labute approximate surface area is 155 Å². The van der Waals surface area contributed by atoms with E-state index in [1.54, 1.807) is 42.7 Å². The van der Waals surface area contributed by atoms with Gasteiger partial charge in [-0.15, -0.1) is 0 Å². The molecule has 0 fully saturated rings. The quantitative estimate of drug-likeness (QED) is 0.428. The highest BCUT2D eigenvalue weighted by Crippen LogP contribution is 2.17. The molecular weight excluding hydrogens is 340 g/mol. The molecule has 1 N–H and O–H groups in total. The van der Waals surface area contributed by atoms with E-state index in [1.165, 1.54) is 0 Å². The van der Waals surface area contributed by atoms with Gasteiger partial charge in [-0.3, -0.25) is 4.79 Å². The van der Waals surface area contributed by atoms with Crippen LogP contribution in [0, 0.1) is 0 Å². The second kappa shape index (κ2) is 7.25. The SMILES string of the molecule is O=C(COC(=O)c1ccc(-c2ncc[nH]2)cc1)c1ccc2ccccc2c1. The topological polar surface area (TPSA) is 72.1 Å². The summed E-state index contributed by atoms with van der Waals surface area (Å²) in [5.41, 5.74) is 1.77. The molecule has 5 heteroatoms. The maximum atomic E-state index is 12.3. The van der Waals surface area contributed by atoms with Crippen LogP contribution in [0.2, 0.25) is 0 Å². The van der Waals surface area contributed by atoms with Crippen LogP contribution in [0.25, 0.3) is 22.2 Å². The first-order valence-electron chi connectivity index (χ1n) is 8.50. The van der Waals surface area contributed by atoms with E-state index >= 15 is 0 Å². The molecule has 0 amide bonds. The molecule has 1 heterocycles. The summed E-state index contributed by atoms with van der Waals surface area (Å²) < 4.78 is 5.18. The van der Waals surface area contributed by atoms with Crippen LogP contribution in [0.5, 0.6) is 0 Å². The van der Waals surface area contributed by atoms with Crippen molar-refractivity contribution in [2.75, 3.05) is 6.61 Å². The number of hydrogen-bond donors (Lipinski definition) is 1. The highest BCUT2D eigenvalue weighted by atomic mass is 16.5. The number of hydrogen-bond acceptors (Lipinski definition) is 4. The van der Waals surface area contributed by atoms with Crippen LogP contribution in [0.1, 0.15) is 20.7 Å². The molecule has 0 aliphatic rings. The van der Waals surface area contributed by atoms with E-state index in [-0.39, 0.29) is 12.4 Å². The van der Waals surface area contributed by atoms with Gasteiger partial charge in [0.25, 0.3) is 0 Å². The Balaban J connectivity index is 1.41. The van der Waals surface area contributed by atoms with E-state index in [0.717, 1.165) is 22.2 Å². The Morgan fingerprint density at radius 1 is 0.889 bits per heavy atom. The minimum atomic E-state index is -0.532. The van der Waals surface area contributed by atoms with Crippen LogP contribution < -0.4 is 0 Å². The van der Waals surface area contributed by atoms with Gasteiger partial charge in [-0.2, -0.15) is 0 Å². The second-order valence-corrected chi connectivity index (χ2v) is 6.08. The molecule has 0 radical (unpaired) electrons. The number of aromatic amines is 1. The summed E-state index contributed by atoms with van der Waals surface area (Å²) in [5.74, 6) is -0.0437. The van der Waals surface area contributed by atoms with Gasteiger partial charge in [0, 0.05) is 23.5 Å². The lowest BCUT2D eigenvalue weighted by atomic mass is 10.0. The molecule has 0 aliphatic heterocycles. The normalized spacial score (nSPS) is 10.7. The lowest BCUT2D eigenvalue weighted by Crippen LogP contribution is -2.14. The molecule has 5 nitrogen and oxygen atoms in total. The minimum absolute atomic E-state index is 0.235. The van der Waals surface area contributed by atoms with Crippen LogP contribution in [0.15, 0.2) is 79.1 Å². The molecule has 0 saturated heterocycles. The number of ether oxygens (including phenoxy) is 1. The number of fused-ring (bicyclic) bond motifs is 1. The van der Waals surface area contributed by atoms with E-state index < -0.39 is 5.97 Å². The summed E-state index contributed by atoms with van der Waals surface area (Å²) in [5, 5.41) is 2.03. The largest absolute Gasteiger partial charge is 0.454 e. The van der Waals surface area contributed by atoms with Gasteiger partial charge in [-0.25, -0.2) is 9.78 Å². The number of carbonyl (C=O) groups is 2. The zero-order chi connectivity index (χ0) is 18.6. The predicted molar refractivity (Wildman–Crippen MR) is 103 cm³/mol. The average molecular weight is 356 g/mol. The summed E-state index contributed by atoms with van der Waals surface area (Å²) in [4.78, 5) is 31.7. The number of Topliss-reactive ketones (excluding diaryl/α,β-unsaturated/α-hetero) is 1. The maximum absolute atomic E-state index is 12.3. The first kappa shape index (κ1) is 16.7. The van der Waals surface area contributed by atoms with E-state index in [2.05, 4.69) is 9.97 Å². The van der Waals surface area contributed by atoms with Crippen molar-refractivity contribution in [3.8, 4) is 11.4 Å². The summed E-state index contributed by atoms with van der Waals surface area (Å²) >= 11 is 0. The Bertz CT molecular complexity index is 1100. The van der Waals surface area contributed by atoms with E-state index in [4.69, 9.17) is 4.74 Å². The zero-order valence-corrected chi connectivity index (χ0v) is 14.4. The standard InChI is InChI=1S/C22H16N2O3/c25-20(19-10-5-15-3-1-2-4-18(15)13-19)14-27-22(26)17-8-6-16(7-9-17)21-23-11-12-24-21/h1-13H,14H2,(H,23,24). The van der Waals surface area contributed by atoms with Gasteiger partial charge >= 0.3 is 5.97 Å². The van der Waals surface area contributed by atoms with Gasteiger partial charge in [0.2, 0.25) is 0 Å². The van der Waals surface area contributed by atoms with Gasteiger partial charge < -0.3 is 9.72 Å². The Morgan fingerprint density at radius 3 is 2.37 bits per heavy atom. The average Bonchev–Trinajstić information content (AvgIpc) is 3.26. The third kappa shape index (κ3) is 3.62. The molecule has 132 valence electrons. The van der Waals surface area contributed by atoms with Gasteiger partial charge in [0.15, 0.2) is 12.4 Å². The molecule has 4 rings (SSSR count). The number of imidazole rings is 1. The fourth-order valence-corrected chi connectivity index (χ4v) is 2.85. The number of nitrogens with zero attached hydrogens (tertiary/aromatic N) is 1. The monoisotopic (exact) mass is 356 g/mol. The minimum Gasteiger partial charge on any atom is -0.454 e. The number of benzene rings is 3. The third-order valence-corrected chi connectivity index (χ3v) is 4.30. The van der Waals surface area contributed by atoms with E-state index in [0.29, 0.717) is 11.1 Å². The van der Waals surface area contributed by atoms with Gasteiger partial charge in [0.1, 0.15) is 5.82 Å². The zero-order valence-electron chi connectivity index (χ0n) is 14.4. The maximum Gasteiger partial charge on any atom is 0.338 e. The van der Waals surface area contributed by atoms with Crippen molar-refractivity contribution in [1.82, 2.24) is 9.97 Å². The van der Waals surface area contributed by atoms with Crippen molar-refractivity contribution in [2.45, 2.75) is 0 Å². The molecule has 1 aromatic heterocycles. The van der Waals surface area contributed by atoms with Crippen molar-refractivity contribution in [3.63, 3.8) is 0 Å². The molecule has 4 aromatic rings. The highest BCUT2D eigenvalue weighted by molar-refractivity contribution is 6.02. The summed E-state index contributed by atoms with van der Waals surface area (Å²) in [6.45, 7) is -0.295. The number of carbonyl (C=O) groups excluding carboxylic acids is 2. The first-order valence-corrected chi connectivity index (χ1v) is 8.50. The molecule has 0 bridgehead atoms. The fourth-order valence-electron chi connectivity index (χ4n) is 2.85. The fraction of sp³-hybridized carbons (Fsp3) is 0.0455. The summed E-state index contributed by atoms with van der Waals surface area (Å²) in [6, 6.07) is 20.1. The number of esters is 1. The van der Waals surface area contributed by atoms with E-state index in [1.807, 2.05) is 36.4 Å². The Kier molecular flexibility index (Phi) is 4.49. The smallest absolute Gasteiger partial charge is 0.338 e. The van der Waals surface area contributed by atoms with Crippen molar-refractivity contribution < 1.29 is 14.3 Å². The first-order chi connectivity index (χ1) is 13.2. The molecule has 3 aromatic carbocycles. The Morgan fingerprint density at radius 2 is 1.63 bits per heavy atom. The molecule has 0 saturated carbocycles. The number of nitrogens with one attached hydrogen (secondary N) is 1. The molecule has 0 unspecified atom stereocenters. The van der Waals surface area contributed by atoms with Crippen molar-refractivity contribution in [3.05, 3.63) is 90.3 Å². The number of H-pyrrole nitrogens is 1. The van der Waals surface area contributed by atoms with E-state index in [9.17, 15) is 9.59 Å². The molecule has 0 spiro atoms. The number of aromatic nitrogens is 2. The number of rotatable bonds is 5. The lowest BCUT2D eigenvalue weighted by molar-refractivity contribution is 0.0475. The van der Waals surface area contributed by atoms with Crippen LogP contribution in [-0.4, -0.2) is 28.3 Å². The summed E-state index contributed by atoms with van der Waals surface area (Å²) in [7, 11) is 0. The highest BCUT2D eigenvalue weighted by Gasteiger charge is 2.13. The second-order valence-electron chi connectivity index (χ2n) is 6.08. The van der Waals surface area contributed by atoms with Crippen molar-refractivity contribution in [1.29, 1.82) is 0 Å². The van der Waals surface area contributed by atoms with Crippen molar-refractivity contribution >= 4 is 22.5 Å². The van der Waals surface area contributed by atoms with Crippen molar-refractivity contribution in [2.24, 2.45) is 0 Å². The van der Waals surface area contributed by atoms with Crippen LogP contribution in [-0.2, 0) is 4.74 Å². The third-order valence-electron chi connectivity index (χ3n) is 4.30. The van der Waals surface area contributed by atoms with Gasteiger partial charge in [-0.05, 0) is 29.0 Å². The molecule has 0 aliphatic carbocycles. The predicted octanol–water partition coefficient (Wildman–Crippen LogP) is 4.27. The van der Waals surface area contributed by atoms with Crippen LogP contribution in [0.4, 0.5) is 0 Å². The Hall–Kier alpha value is -3.73. The summed E-state index contributed by atoms with van der Waals surface area (Å²) in [6.07, 6.45) is 3.39. The van der Waals surface area contributed by atoms with Crippen LogP contribution >= 0.6 is 0 Å². The molecular formula is C22H16N2O3. The van der Waals surface area contributed by atoms with Gasteiger partial charge in [0.05, 0.1) is 5.56 Å². The van der Waals surface area contributed by atoms with Crippen LogP contribution in [0.3, 0.4) is 0 Å². The molecule has 0 atom stereocenters. The lowest BCUT2D eigenvalue weighted by Gasteiger charge is -2.06. The number of ketones is 1. The van der Waals surface area contributed by atoms with Gasteiger partial charge in [-0.1, -0.05) is 48.5 Å². The molecule has 27 heavy (non-hydrogen) atoms.